The largest absolute Gasteiger partial charge is 0.392 e. The third-order valence-corrected chi connectivity index (χ3v) is 3.09. The zero-order valence-electron chi connectivity index (χ0n) is 12.4. The Labute approximate surface area is 133 Å². The molecular weight excluding hydrogens is 299 g/mol. The Morgan fingerprint density at radius 1 is 1.00 bits per heavy atom. The number of hydrogen-bond donors (Lipinski definition) is 3. The van der Waals surface area contributed by atoms with E-state index in [4.69, 9.17) is 5.11 Å². The number of nitrogens with one attached hydrogen (secondary N) is 2. The molecule has 0 fully saturated rings. The van der Waals surface area contributed by atoms with Crippen LogP contribution in [0.15, 0.2) is 48.5 Å². The van der Waals surface area contributed by atoms with Gasteiger partial charge in [0.2, 0.25) is 11.8 Å². The van der Waals surface area contributed by atoms with Gasteiger partial charge in [0.25, 0.3) is 0 Å². The summed E-state index contributed by atoms with van der Waals surface area (Å²) in [5.74, 6) is -1.15. The van der Waals surface area contributed by atoms with Crippen molar-refractivity contribution in [3.63, 3.8) is 0 Å². The molecule has 0 aromatic heterocycles. The minimum atomic E-state index is -0.406. The third-order valence-electron chi connectivity index (χ3n) is 3.09. The average Bonchev–Trinajstić information content (AvgIpc) is 2.53. The molecule has 120 valence electrons. The summed E-state index contributed by atoms with van der Waals surface area (Å²) in [6.07, 6.45) is 0.00500. The van der Waals surface area contributed by atoms with Crippen molar-refractivity contribution in [2.45, 2.75) is 13.0 Å². The molecule has 2 amide bonds. The molecule has 5 nitrogen and oxygen atoms in total. The van der Waals surface area contributed by atoms with Crippen LogP contribution >= 0.6 is 0 Å². The summed E-state index contributed by atoms with van der Waals surface area (Å²) in [4.78, 5) is 23.5. The molecule has 0 unspecified atom stereocenters. The molecule has 0 aliphatic heterocycles. The van der Waals surface area contributed by atoms with E-state index in [2.05, 4.69) is 10.6 Å². The Balaban J connectivity index is 1.80. The smallest absolute Gasteiger partial charge is 0.243 e. The van der Waals surface area contributed by atoms with Crippen LogP contribution in [0, 0.1) is 5.82 Å². The topological polar surface area (TPSA) is 78.4 Å². The lowest BCUT2D eigenvalue weighted by Gasteiger charge is -2.08. The van der Waals surface area contributed by atoms with Gasteiger partial charge in [0.15, 0.2) is 0 Å². The number of amides is 2. The summed E-state index contributed by atoms with van der Waals surface area (Å²) in [5.41, 5.74) is 1.76. The van der Waals surface area contributed by atoms with Gasteiger partial charge in [-0.1, -0.05) is 24.3 Å². The monoisotopic (exact) mass is 316 g/mol. The van der Waals surface area contributed by atoms with Gasteiger partial charge in [0.05, 0.1) is 19.6 Å². The average molecular weight is 316 g/mol. The zero-order chi connectivity index (χ0) is 16.7. The van der Waals surface area contributed by atoms with E-state index >= 15 is 0 Å². The van der Waals surface area contributed by atoms with Gasteiger partial charge in [-0.2, -0.15) is 0 Å². The Hall–Kier alpha value is -2.73. The van der Waals surface area contributed by atoms with Crippen molar-refractivity contribution in [2.75, 3.05) is 11.9 Å². The molecule has 0 spiro atoms. The van der Waals surface area contributed by atoms with E-state index < -0.39 is 5.82 Å². The van der Waals surface area contributed by atoms with Crippen LogP contribution in [-0.2, 0) is 22.6 Å². The maximum Gasteiger partial charge on any atom is 0.243 e. The number of carbonyl (C=O) groups is 2. The van der Waals surface area contributed by atoms with Crippen molar-refractivity contribution < 1.29 is 19.1 Å². The summed E-state index contributed by atoms with van der Waals surface area (Å²) in [5, 5.41) is 14.1. The number of aliphatic hydroxyl groups is 1. The predicted molar refractivity (Wildman–Crippen MR) is 84.1 cm³/mol. The summed E-state index contributed by atoms with van der Waals surface area (Å²) in [7, 11) is 0. The second kappa shape index (κ2) is 8.05. The first-order valence-corrected chi connectivity index (χ1v) is 7.07. The van der Waals surface area contributed by atoms with Crippen LogP contribution < -0.4 is 10.6 Å². The molecule has 6 heteroatoms. The first-order chi connectivity index (χ1) is 11.1. The van der Waals surface area contributed by atoms with Gasteiger partial charge in [-0.05, 0) is 35.4 Å². The lowest BCUT2D eigenvalue weighted by Crippen LogP contribution is -2.33. The summed E-state index contributed by atoms with van der Waals surface area (Å²) in [6.45, 7) is -0.300. The van der Waals surface area contributed by atoms with Gasteiger partial charge in [-0.3, -0.25) is 9.59 Å². The molecule has 0 aliphatic carbocycles. The highest BCUT2D eigenvalue weighted by molar-refractivity contribution is 5.94. The van der Waals surface area contributed by atoms with Crippen molar-refractivity contribution in [3.8, 4) is 0 Å². The molecule has 23 heavy (non-hydrogen) atoms. The Kier molecular flexibility index (Phi) is 5.82. The van der Waals surface area contributed by atoms with Gasteiger partial charge >= 0.3 is 0 Å². The fourth-order valence-corrected chi connectivity index (χ4v) is 2.03. The van der Waals surface area contributed by atoms with E-state index in [1.54, 1.807) is 30.3 Å². The van der Waals surface area contributed by atoms with E-state index in [-0.39, 0.29) is 31.4 Å². The lowest BCUT2D eigenvalue weighted by molar-refractivity contribution is -0.123. The van der Waals surface area contributed by atoms with Crippen LogP contribution in [0.25, 0.3) is 0 Å². The van der Waals surface area contributed by atoms with Crippen molar-refractivity contribution in [1.29, 1.82) is 0 Å². The van der Waals surface area contributed by atoms with Crippen molar-refractivity contribution in [2.24, 2.45) is 0 Å². The first-order valence-electron chi connectivity index (χ1n) is 7.07. The fourth-order valence-electron chi connectivity index (χ4n) is 2.03. The molecule has 2 aromatic rings. The quantitative estimate of drug-likeness (QED) is 0.758. The Bertz CT molecular complexity index is 704. The normalized spacial score (nSPS) is 10.2. The number of benzene rings is 2. The van der Waals surface area contributed by atoms with Crippen LogP contribution in [0.1, 0.15) is 11.1 Å². The summed E-state index contributed by atoms with van der Waals surface area (Å²) < 4.78 is 13.0. The van der Waals surface area contributed by atoms with Crippen molar-refractivity contribution >= 4 is 17.5 Å². The minimum absolute atomic E-state index is 0.00500. The van der Waals surface area contributed by atoms with E-state index in [1.165, 1.54) is 18.2 Å². The second-order valence-electron chi connectivity index (χ2n) is 4.99. The van der Waals surface area contributed by atoms with Gasteiger partial charge in [0.1, 0.15) is 5.82 Å². The van der Waals surface area contributed by atoms with Crippen LogP contribution in [0.4, 0.5) is 10.1 Å². The third kappa shape index (κ3) is 5.52. The second-order valence-corrected chi connectivity index (χ2v) is 4.99. The van der Waals surface area contributed by atoms with E-state index in [0.29, 0.717) is 16.8 Å². The molecule has 0 radical (unpaired) electrons. The molecular formula is C17H17FN2O3. The summed E-state index contributed by atoms with van der Waals surface area (Å²) >= 11 is 0. The Morgan fingerprint density at radius 3 is 2.48 bits per heavy atom. The maximum atomic E-state index is 13.0. The lowest BCUT2D eigenvalue weighted by atomic mass is 10.1. The number of aliphatic hydroxyl groups excluding tert-OH is 1. The SMILES string of the molecule is O=C(Cc1cccc(F)c1)NCC(=O)Nc1cccc(CO)c1. The van der Waals surface area contributed by atoms with Crippen LogP contribution in [0.3, 0.4) is 0 Å². The molecule has 0 saturated heterocycles. The molecule has 0 heterocycles. The minimum Gasteiger partial charge on any atom is -0.392 e. The van der Waals surface area contributed by atoms with Crippen molar-refractivity contribution in [3.05, 3.63) is 65.5 Å². The molecule has 0 bridgehead atoms. The highest BCUT2D eigenvalue weighted by Crippen LogP contribution is 2.10. The van der Waals surface area contributed by atoms with Crippen LogP contribution in [0.5, 0.6) is 0 Å². The highest BCUT2D eigenvalue weighted by atomic mass is 19.1. The number of anilines is 1. The number of halogens is 1. The molecule has 0 aliphatic rings. The molecule has 3 N–H and O–H groups in total. The van der Waals surface area contributed by atoms with Crippen molar-refractivity contribution in [1.82, 2.24) is 5.32 Å². The van der Waals surface area contributed by atoms with E-state index in [0.717, 1.165) is 0 Å². The number of rotatable bonds is 6. The van der Waals surface area contributed by atoms with Gasteiger partial charge in [0, 0.05) is 5.69 Å². The maximum absolute atomic E-state index is 13.0. The number of carbonyl (C=O) groups excluding carboxylic acids is 2. The van der Waals surface area contributed by atoms with Gasteiger partial charge in [-0.25, -0.2) is 4.39 Å². The molecule has 2 aromatic carbocycles. The Morgan fingerprint density at radius 2 is 1.74 bits per heavy atom. The standard InChI is InChI=1S/C17H17FN2O3/c18-14-5-1-3-12(7-14)9-16(22)19-10-17(23)20-15-6-2-4-13(8-15)11-21/h1-8,21H,9-11H2,(H,19,22)(H,20,23). The zero-order valence-corrected chi connectivity index (χ0v) is 12.4. The fraction of sp³-hybridized carbons (Fsp3) is 0.176. The van der Waals surface area contributed by atoms with E-state index in [1.807, 2.05) is 0 Å². The predicted octanol–water partition coefficient (Wildman–Crippen LogP) is 1.62. The van der Waals surface area contributed by atoms with Crippen LogP contribution in [-0.4, -0.2) is 23.5 Å². The molecule has 0 saturated carbocycles. The van der Waals surface area contributed by atoms with Gasteiger partial charge < -0.3 is 15.7 Å². The highest BCUT2D eigenvalue weighted by Gasteiger charge is 2.07. The van der Waals surface area contributed by atoms with Gasteiger partial charge in [-0.15, -0.1) is 0 Å². The van der Waals surface area contributed by atoms with Crippen LogP contribution in [0.2, 0.25) is 0 Å². The first kappa shape index (κ1) is 16.6. The number of hydrogen-bond acceptors (Lipinski definition) is 3. The molecule has 2 rings (SSSR count). The van der Waals surface area contributed by atoms with E-state index in [9.17, 15) is 14.0 Å². The summed E-state index contributed by atoms with van der Waals surface area (Å²) in [6, 6.07) is 12.5. The molecule has 0 atom stereocenters.